The SMILES string of the molecule is CCC[C@H](NC(=O)N1CCc2ccccc2CC1)C(=O)O. The molecule has 1 atom stereocenters. The van der Waals surface area contributed by atoms with Gasteiger partial charge in [-0.25, -0.2) is 9.59 Å². The number of aliphatic carboxylic acids is 1. The molecule has 5 heteroatoms. The van der Waals surface area contributed by atoms with Crippen LogP contribution < -0.4 is 5.32 Å². The average Bonchev–Trinajstić information content (AvgIpc) is 2.69. The minimum Gasteiger partial charge on any atom is -0.480 e. The molecule has 0 aliphatic carbocycles. The molecule has 0 fully saturated rings. The van der Waals surface area contributed by atoms with Crippen LogP contribution in [0.4, 0.5) is 4.79 Å². The Kier molecular flexibility index (Phi) is 5.20. The average molecular weight is 290 g/mol. The van der Waals surface area contributed by atoms with Crippen LogP contribution in [0.5, 0.6) is 0 Å². The van der Waals surface area contributed by atoms with Gasteiger partial charge in [-0.1, -0.05) is 37.6 Å². The molecular formula is C16H22N2O3. The maximum atomic E-state index is 12.2. The normalized spacial score (nSPS) is 15.8. The number of hydrogen-bond donors (Lipinski definition) is 2. The Balaban J connectivity index is 1.97. The molecule has 1 heterocycles. The van der Waals surface area contributed by atoms with Gasteiger partial charge >= 0.3 is 12.0 Å². The highest BCUT2D eigenvalue weighted by atomic mass is 16.4. The molecule has 1 aromatic carbocycles. The lowest BCUT2D eigenvalue weighted by Gasteiger charge is -2.23. The van der Waals surface area contributed by atoms with Gasteiger partial charge in [-0.3, -0.25) is 0 Å². The summed E-state index contributed by atoms with van der Waals surface area (Å²) in [5, 5.41) is 11.7. The maximum absolute atomic E-state index is 12.2. The minimum absolute atomic E-state index is 0.274. The third-order valence-electron chi connectivity index (χ3n) is 3.88. The molecule has 2 N–H and O–H groups in total. The molecular weight excluding hydrogens is 268 g/mol. The van der Waals surface area contributed by atoms with Crippen molar-refractivity contribution in [2.75, 3.05) is 13.1 Å². The largest absolute Gasteiger partial charge is 0.480 e. The van der Waals surface area contributed by atoms with Crippen molar-refractivity contribution in [3.63, 3.8) is 0 Å². The number of amides is 2. The van der Waals surface area contributed by atoms with E-state index in [1.165, 1.54) is 11.1 Å². The van der Waals surface area contributed by atoms with E-state index in [9.17, 15) is 9.59 Å². The Labute approximate surface area is 125 Å². The highest BCUT2D eigenvalue weighted by Gasteiger charge is 2.23. The van der Waals surface area contributed by atoms with Gasteiger partial charge in [0.1, 0.15) is 6.04 Å². The number of fused-ring (bicyclic) bond motifs is 1. The Morgan fingerprint density at radius 2 is 1.81 bits per heavy atom. The molecule has 1 aromatic rings. The monoisotopic (exact) mass is 290 g/mol. The Bertz CT molecular complexity index is 489. The quantitative estimate of drug-likeness (QED) is 0.891. The summed E-state index contributed by atoms with van der Waals surface area (Å²) >= 11 is 0. The zero-order valence-corrected chi connectivity index (χ0v) is 12.3. The van der Waals surface area contributed by atoms with E-state index >= 15 is 0 Å². The lowest BCUT2D eigenvalue weighted by Crippen LogP contribution is -2.48. The second kappa shape index (κ2) is 7.11. The number of nitrogens with one attached hydrogen (secondary N) is 1. The van der Waals surface area contributed by atoms with E-state index in [-0.39, 0.29) is 6.03 Å². The molecule has 5 nitrogen and oxygen atoms in total. The van der Waals surface area contributed by atoms with Crippen LogP contribution in [-0.4, -0.2) is 41.1 Å². The summed E-state index contributed by atoms with van der Waals surface area (Å²) < 4.78 is 0. The summed E-state index contributed by atoms with van der Waals surface area (Å²) in [5.41, 5.74) is 2.55. The molecule has 0 bridgehead atoms. The van der Waals surface area contributed by atoms with Crippen LogP contribution in [0.2, 0.25) is 0 Å². The molecule has 1 aliphatic heterocycles. The van der Waals surface area contributed by atoms with E-state index in [2.05, 4.69) is 17.4 Å². The minimum atomic E-state index is -0.969. The zero-order chi connectivity index (χ0) is 15.2. The lowest BCUT2D eigenvalue weighted by atomic mass is 10.0. The van der Waals surface area contributed by atoms with Gasteiger partial charge in [0, 0.05) is 13.1 Å². The van der Waals surface area contributed by atoms with Crippen LogP contribution in [0.15, 0.2) is 24.3 Å². The second-order valence-electron chi connectivity index (χ2n) is 5.38. The predicted octanol–water partition coefficient (Wildman–Crippen LogP) is 2.05. The summed E-state index contributed by atoms with van der Waals surface area (Å²) in [7, 11) is 0. The molecule has 0 saturated carbocycles. The fourth-order valence-electron chi connectivity index (χ4n) is 2.66. The Morgan fingerprint density at radius 3 is 2.29 bits per heavy atom. The number of carboxylic acid groups (broad SMARTS) is 1. The van der Waals surface area contributed by atoms with E-state index in [0.717, 1.165) is 19.3 Å². The summed E-state index contributed by atoms with van der Waals surface area (Å²) in [6, 6.07) is 7.13. The van der Waals surface area contributed by atoms with E-state index in [4.69, 9.17) is 5.11 Å². The fraction of sp³-hybridized carbons (Fsp3) is 0.500. The molecule has 114 valence electrons. The van der Waals surface area contributed by atoms with Crippen LogP contribution in [-0.2, 0) is 17.6 Å². The van der Waals surface area contributed by atoms with Gasteiger partial charge in [0.05, 0.1) is 0 Å². The lowest BCUT2D eigenvalue weighted by molar-refractivity contribution is -0.139. The highest BCUT2D eigenvalue weighted by molar-refractivity contribution is 5.82. The highest BCUT2D eigenvalue weighted by Crippen LogP contribution is 2.15. The summed E-state index contributed by atoms with van der Waals surface area (Å²) in [6.45, 7) is 3.16. The number of urea groups is 1. The third kappa shape index (κ3) is 3.97. The van der Waals surface area contributed by atoms with Crippen molar-refractivity contribution >= 4 is 12.0 Å². The molecule has 1 aliphatic rings. The third-order valence-corrected chi connectivity index (χ3v) is 3.88. The molecule has 0 aromatic heterocycles. The standard InChI is InChI=1S/C16H22N2O3/c1-2-5-14(15(19)20)17-16(21)18-10-8-12-6-3-4-7-13(12)9-11-18/h3-4,6-7,14H,2,5,8-11H2,1H3,(H,17,21)(H,19,20)/t14-/m0/s1. The molecule has 2 amide bonds. The molecule has 0 saturated heterocycles. The first-order valence-corrected chi connectivity index (χ1v) is 7.47. The van der Waals surface area contributed by atoms with Crippen molar-refractivity contribution in [1.29, 1.82) is 0 Å². The second-order valence-corrected chi connectivity index (χ2v) is 5.38. The number of nitrogens with zero attached hydrogens (tertiary/aromatic N) is 1. The zero-order valence-electron chi connectivity index (χ0n) is 12.3. The number of hydrogen-bond acceptors (Lipinski definition) is 2. The van der Waals surface area contributed by atoms with Crippen LogP contribution in [0.1, 0.15) is 30.9 Å². The van der Waals surface area contributed by atoms with Crippen LogP contribution in [0.3, 0.4) is 0 Å². The molecule has 0 radical (unpaired) electrons. The summed E-state index contributed by atoms with van der Waals surface area (Å²) in [6.07, 6.45) is 2.81. The first-order valence-electron chi connectivity index (χ1n) is 7.47. The van der Waals surface area contributed by atoms with Crippen LogP contribution in [0, 0.1) is 0 Å². The maximum Gasteiger partial charge on any atom is 0.326 e. The van der Waals surface area contributed by atoms with Gasteiger partial charge in [-0.05, 0) is 30.4 Å². The van der Waals surface area contributed by atoms with E-state index < -0.39 is 12.0 Å². The van der Waals surface area contributed by atoms with E-state index in [0.29, 0.717) is 19.5 Å². The molecule has 0 spiro atoms. The van der Waals surface area contributed by atoms with E-state index in [1.807, 2.05) is 19.1 Å². The number of benzene rings is 1. The van der Waals surface area contributed by atoms with Gasteiger partial charge in [0.2, 0.25) is 0 Å². The number of carbonyl (C=O) groups excluding carboxylic acids is 1. The van der Waals surface area contributed by atoms with Crippen LogP contribution >= 0.6 is 0 Å². The van der Waals surface area contributed by atoms with Crippen molar-refractivity contribution in [3.8, 4) is 0 Å². The fourth-order valence-corrected chi connectivity index (χ4v) is 2.66. The van der Waals surface area contributed by atoms with Gasteiger partial charge in [0.15, 0.2) is 0 Å². The Morgan fingerprint density at radius 1 is 1.24 bits per heavy atom. The van der Waals surface area contributed by atoms with Crippen molar-refractivity contribution in [3.05, 3.63) is 35.4 Å². The van der Waals surface area contributed by atoms with Crippen molar-refractivity contribution in [2.24, 2.45) is 0 Å². The van der Waals surface area contributed by atoms with Crippen LogP contribution in [0.25, 0.3) is 0 Å². The van der Waals surface area contributed by atoms with Gasteiger partial charge < -0.3 is 15.3 Å². The number of carboxylic acids is 1. The summed E-state index contributed by atoms with van der Waals surface area (Å²) in [4.78, 5) is 25.1. The molecule has 2 rings (SSSR count). The van der Waals surface area contributed by atoms with Crippen molar-refractivity contribution in [1.82, 2.24) is 10.2 Å². The van der Waals surface area contributed by atoms with Gasteiger partial charge in [-0.2, -0.15) is 0 Å². The first kappa shape index (κ1) is 15.4. The topological polar surface area (TPSA) is 69.6 Å². The van der Waals surface area contributed by atoms with Gasteiger partial charge in [0.25, 0.3) is 0 Å². The summed E-state index contributed by atoms with van der Waals surface area (Å²) in [5.74, 6) is -0.969. The van der Waals surface area contributed by atoms with Crippen molar-refractivity contribution < 1.29 is 14.7 Å². The molecule has 21 heavy (non-hydrogen) atoms. The Hall–Kier alpha value is -2.04. The number of rotatable bonds is 4. The van der Waals surface area contributed by atoms with Gasteiger partial charge in [-0.15, -0.1) is 0 Å². The molecule has 0 unspecified atom stereocenters. The predicted molar refractivity (Wildman–Crippen MR) is 80.3 cm³/mol. The van der Waals surface area contributed by atoms with Crippen molar-refractivity contribution in [2.45, 2.75) is 38.6 Å². The number of carbonyl (C=O) groups is 2. The first-order chi connectivity index (χ1) is 10.1. The smallest absolute Gasteiger partial charge is 0.326 e. The van der Waals surface area contributed by atoms with E-state index in [1.54, 1.807) is 4.90 Å².